The van der Waals surface area contributed by atoms with Crippen molar-refractivity contribution in [1.82, 2.24) is 14.9 Å². The first kappa shape index (κ1) is 25.9. The molecule has 13 heteroatoms. The zero-order valence-electron chi connectivity index (χ0n) is 17.6. The van der Waals surface area contributed by atoms with E-state index in [1.807, 2.05) is 11.4 Å². The first-order valence-electron chi connectivity index (χ1n) is 10.0. The summed E-state index contributed by atoms with van der Waals surface area (Å²) in [5, 5.41) is 14.6. The summed E-state index contributed by atoms with van der Waals surface area (Å²) < 4.78 is 31.7. The summed E-state index contributed by atoms with van der Waals surface area (Å²) in [4.78, 5) is 36.1. The molecule has 0 bridgehead atoms. The Balaban J connectivity index is 1.57. The van der Waals surface area contributed by atoms with Gasteiger partial charge in [-0.3, -0.25) is 14.9 Å². The second-order valence-corrected chi connectivity index (χ2v) is 10.1. The molecule has 0 aromatic heterocycles. The van der Waals surface area contributed by atoms with Crippen molar-refractivity contribution in [1.29, 1.82) is 0 Å². The van der Waals surface area contributed by atoms with Crippen LogP contribution in [0.4, 0.5) is 4.79 Å². The fraction of sp³-hybridized carbons (Fsp3) is 0.286. The number of carbonyl (C=O) groups is 3. The number of urea groups is 1. The molecule has 1 aliphatic rings. The Kier molecular flexibility index (Phi) is 8.50. The number of aliphatic hydroxyl groups excluding tert-OH is 1. The minimum absolute atomic E-state index is 0.00354. The second-order valence-electron chi connectivity index (χ2n) is 7.38. The van der Waals surface area contributed by atoms with Gasteiger partial charge >= 0.3 is 12.0 Å². The number of nitrogens with one attached hydrogen (secondary N) is 2. The number of esters is 1. The lowest BCUT2D eigenvalue weighted by molar-refractivity contribution is -0.151. The number of sulfonamides is 1. The number of hydrogen-bond acceptors (Lipinski definition) is 7. The fourth-order valence-corrected chi connectivity index (χ4v) is 5.27. The van der Waals surface area contributed by atoms with Crippen molar-refractivity contribution in [2.75, 3.05) is 13.2 Å². The van der Waals surface area contributed by atoms with Gasteiger partial charge in [-0.15, -0.1) is 0 Å². The highest BCUT2D eigenvalue weighted by atomic mass is 35.5. The molecular weight excluding hydrogens is 509 g/mol. The number of amides is 3. The van der Waals surface area contributed by atoms with Gasteiger partial charge in [0.25, 0.3) is 5.91 Å². The van der Waals surface area contributed by atoms with Crippen LogP contribution in [-0.4, -0.2) is 61.0 Å². The van der Waals surface area contributed by atoms with Crippen molar-refractivity contribution < 1.29 is 32.6 Å². The van der Waals surface area contributed by atoms with E-state index in [9.17, 15) is 27.9 Å². The number of β-amino-alcohol motifs (C(OH)–C–C–N with tert-alkyl or cyclic N) is 1. The number of halogens is 2. The van der Waals surface area contributed by atoms with Crippen molar-refractivity contribution in [3.63, 3.8) is 0 Å². The van der Waals surface area contributed by atoms with Crippen LogP contribution in [0.1, 0.15) is 12.0 Å². The highest BCUT2D eigenvalue weighted by Gasteiger charge is 2.44. The minimum atomic E-state index is -4.23. The summed E-state index contributed by atoms with van der Waals surface area (Å²) in [5.41, 5.74) is 0.819. The number of ether oxygens (including phenoxy) is 1. The van der Waals surface area contributed by atoms with Crippen molar-refractivity contribution in [3.8, 4) is 0 Å². The highest BCUT2D eigenvalue weighted by molar-refractivity contribution is 7.89. The van der Waals surface area contributed by atoms with Gasteiger partial charge in [0.1, 0.15) is 6.04 Å². The smallest absolute Gasteiger partial charge is 0.325 e. The predicted octanol–water partition coefficient (Wildman–Crippen LogP) is 1.69. The third kappa shape index (κ3) is 6.45. The number of rotatable bonds is 7. The monoisotopic (exact) mass is 529 g/mol. The third-order valence-corrected chi connectivity index (χ3v) is 7.51. The number of benzene rings is 2. The molecule has 1 fully saturated rings. The van der Waals surface area contributed by atoms with Gasteiger partial charge in [-0.2, -0.15) is 4.31 Å². The Morgan fingerprint density at radius 3 is 2.47 bits per heavy atom. The van der Waals surface area contributed by atoms with Crippen LogP contribution in [-0.2, 0) is 30.9 Å². The Bertz CT molecular complexity index is 1180. The fourth-order valence-electron chi connectivity index (χ4n) is 3.25. The van der Waals surface area contributed by atoms with Crippen LogP contribution in [0.15, 0.2) is 53.4 Å². The molecule has 3 amide bonds. The van der Waals surface area contributed by atoms with Crippen LogP contribution in [0, 0.1) is 0 Å². The van der Waals surface area contributed by atoms with Crippen LogP contribution in [0.25, 0.3) is 0 Å². The first-order chi connectivity index (χ1) is 16.1. The molecule has 10 nitrogen and oxygen atoms in total. The van der Waals surface area contributed by atoms with Crippen molar-refractivity contribution >= 4 is 51.1 Å². The molecule has 1 aliphatic heterocycles. The average molecular weight is 530 g/mol. The van der Waals surface area contributed by atoms with E-state index in [-0.39, 0.29) is 34.5 Å². The molecule has 1 heterocycles. The molecule has 0 spiro atoms. The Labute approximate surface area is 205 Å². The van der Waals surface area contributed by atoms with E-state index in [0.29, 0.717) is 0 Å². The lowest BCUT2D eigenvalue weighted by atomic mass is 10.2. The molecule has 1 saturated heterocycles. The van der Waals surface area contributed by atoms with E-state index in [1.165, 1.54) is 12.1 Å². The molecule has 0 radical (unpaired) electrons. The van der Waals surface area contributed by atoms with Crippen molar-refractivity contribution in [2.24, 2.45) is 0 Å². The van der Waals surface area contributed by atoms with Gasteiger partial charge in [0.15, 0.2) is 6.61 Å². The molecule has 2 aromatic rings. The van der Waals surface area contributed by atoms with Crippen LogP contribution >= 0.6 is 23.2 Å². The van der Waals surface area contributed by atoms with Crippen molar-refractivity contribution in [3.05, 3.63) is 64.1 Å². The van der Waals surface area contributed by atoms with Gasteiger partial charge in [-0.25, -0.2) is 13.2 Å². The summed E-state index contributed by atoms with van der Waals surface area (Å²) in [7, 11) is -4.23. The highest BCUT2D eigenvalue weighted by Crippen LogP contribution is 2.30. The number of nitrogens with zero attached hydrogens (tertiary/aromatic N) is 1. The Morgan fingerprint density at radius 2 is 1.79 bits per heavy atom. The molecule has 3 N–H and O–H groups in total. The van der Waals surface area contributed by atoms with E-state index in [1.54, 1.807) is 24.3 Å². The zero-order valence-corrected chi connectivity index (χ0v) is 19.9. The molecular formula is C21H21Cl2N3O7S. The molecule has 1 unspecified atom stereocenters. The third-order valence-electron chi connectivity index (χ3n) is 4.90. The van der Waals surface area contributed by atoms with Crippen LogP contribution in [0.3, 0.4) is 0 Å². The summed E-state index contributed by atoms with van der Waals surface area (Å²) in [6.07, 6.45) is -1.34. The number of imide groups is 1. The van der Waals surface area contributed by atoms with Gasteiger partial charge < -0.3 is 15.2 Å². The molecule has 2 aromatic carbocycles. The largest absolute Gasteiger partial charge is 0.454 e. The zero-order chi connectivity index (χ0) is 24.9. The van der Waals surface area contributed by atoms with Crippen LogP contribution in [0.2, 0.25) is 10.0 Å². The lowest BCUT2D eigenvalue weighted by Gasteiger charge is -2.22. The van der Waals surface area contributed by atoms with Crippen molar-refractivity contribution in [2.45, 2.75) is 30.0 Å². The second kappa shape index (κ2) is 11.2. The summed E-state index contributed by atoms with van der Waals surface area (Å²) in [5.74, 6) is -1.95. The van der Waals surface area contributed by atoms with Gasteiger partial charge in [-0.1, -0.05) is 53.5 Å². The topological polar surface area (TPSA) is 142 Å². The normalized spacial score (nSPS) is 18.3. The first-order valence-corrected chi connectivity index (χ1v) is 12.2. The quantitative estimate of drug-likeness (QED) is 0.463. The number of aliphatic hydroxyl groups is 1. The van der Waals surface area contributed by atoms with E-state index < -0.39 is 46.7 Å². The molecule has 0 aliphatic carbocycles. The maximum atomic E-state index is 13.0. The maximum Gasteiger partial charge on any atom is 0.325 e. The maximum absolute atomic E-state index is 13.0. The molecule has 34 heavy (non-hydrogen) atoms. The number of carbonyl (C=O) groups excluding carboxylic acids is 3. The van der Waals surface area contributed by atoms with Gasteiger partial charge in [0, 0.05) is 19.5 Å². The molecule has 3 rings (SSSR count). The van der Waals surface area contributed by atoms with E-state index >= 15 is 0 Å². The summed E-state index contributed by atoms with van der Waals surface area (Å²) >= 11 is 11.7. The predicted molar refractivity (Wildman–Crippen MR) is 123 cm³/mol. The Hall–Kier alpha value is -2.70. The van der Waals surface area contributed by atoms with E-state index in [4.69, 9.17) is 27.9 Å². The SMILES string of the molecule is O=C(COC(=O)[C@@H]1CC(O)CN1S(=O)(=O)c1ccc(Cl)c(Cl)c1)NC(=O)NCc1ccccc1. The van der Waals surface area contributed by atoms with Crippen LogP contribution in [0.5, 0.6) is 0 Å². The average Bonchev–Trinajstić information content (AvgIpc) is 3.21. The van der Waals surface area contributed by atoms with Gasteiger partial charge in [-0.05, 0) is 23.8 Å². The van der Waals surface area contributed by atoms with E-state index in [2.05, 4.69) is 5.32 Å². The summed E-state index contributed by atoms with van der Waals surface area (Å²) in [6.45, 7) is -0.984. The standard InChI is InChI=1S/C21H21Cl2N3O7S/c22-16-7-6-15(9-17(16)23)34(31,32)26-11-14(27)8-18(26)20(29)33-12-19(28)25-21(30)24-10-13-4-2-1-3-5-13/h1-7,9,14,18,27H,8,10-12H2,(H2,24,25,28,30)/t14?,18-/m0/s1. The minimum Gasteiger partial charge on any atom is -0.454 e. The van der Waals surface area contributed by atoms with E-state index in [0.717, 1.165) is 15.9 Å². The van der Waals surface area contributed by atoms with Crippen LogP contribution < -0.4 is 10.6 Å². The van der Waals surface area contributed by atoms with Gasteiger partial charge in [0.2, 0.25) is 10.0 Å². The molecule has 0 saturated carbocycles. The molecule has 182 valence electrons. The summed E-state index contributed by atoms with van der Waals surface area (Å²) in [6, 6.07) is 10.5. The lowest BCUT2D eigenvalue weighted by Crippen LogP contribution is -2.44. The molecule has 2 atom stereocenters. The Morgan fingerprint density at radius 1 is 1.09 bits per heavy atom. The van der Waals surface area contributed by atoms with Gasteiger partial charge in [0.05, 0.1) is 21.0 Å². The number of hydrogen-bond donors (Lipinski definition) is 3.